The summed E-state index contributed by atoms with van der Waals surface area (Å²) in [4.78, 5) is 23.5. The minimum Gasteiger partial charge on any atom is -0.492 e. The zero-order valence-electron chi connectivity index (χ0n) is 17.2. The van der Waals surface area contributed by atoms with Crippen LogP contribution in [0.1, 0.15) is 38.3 Å². The molecule has 154 valence electrons. The largest absolute Gasteiger partial charge is 0.492 e. The highest BCUT2D eigenvalue weighted by molar-refractivity contribution is 5.94. The Morgan fingerprint density at radius 2 is 1.90 bits per heavy atom. The van der Waals surface area contributed by atoms with Gasteiger partial charge in [0.05, 0.1) is 6.54 Å². The van der Waals surface area contributed by atoms with E-state index in [4.69, 9.17) is 9.47 Å². The highest BCUT2D eigenvalue weighted by atomic mass is 16.5. The summed E-state index contributed by atoms with van der Waals surface area (Å²) in [6, 6.07) is 13.4. The molecular formula is C23H28N2O4. The number of carbonyl (C=O) groups excluding carboxylic acids is 2. The van der Waals surface area contributed by atoms with Crippen LogP contribution >= 0.6 is 0 Å². The molecule has 2 aromatic rings. The highest BCUT2D eigenvalue weighted by Crippen LogP contribution is 2.31. The molecule has 0 unspecified atom stereocenters. The maximum absolute atomic E-state index is 12.1. The van der Waals surface area contributed by atoms with Crippen LogP contribution in [0.25, 0.3) is 0 Å². The average Bonchev–Trinajstić information content (AvgIpc) is 2.69. The topological polar surface area (TPSA) is 76.7 Å². The second-order valence-electron chi connectivity index (χ2n) is 8.10. The molecule has 2 aromatic carbocycles. The molecule has 0 saturated heterocycles. The zero-order chi connectivity index (χ0) is 20.9. The Labute approximate surface area is 171 Å². The Balaban J connectivity index is 1.42. The molecule has 2 amide bonds. The van der Waals surface area contributed by atoms with Gasteiger partial charge in [0.25, 0.3) is 5.91 Å². The van der Waals surface area contributed by atoms with Crippen molar-refractivity contribution in [2.24, 2.45) is 0 Å². The number of carbonyl (C=O) groups is 2. The number of anilines is 1. The van der Waals surface area contributed by atoms with Crippen molar-refractivity contribution < 1.29 is 19.1 Å². The molecular weight excluding hydrogens is 368 g/mol. The van der Waals surface area contributed by atoms with Gasteiger partial charge in [-0.15, -0.1) is 0 Å². The second-order valence-corrected chi connectivity index (χ2v) is 8.10. The van der Waals surface area contributed by atoms with Gasteiger partial charge in [0.1, 0.15) is 18.1 Å². The second kappa shape index (κ2) is 8.99. The molecule has 0 spiro atoms. The molecule has 0 atom stereocenters. The van der Waals surface area contributed by atoms with E-state index in [0.29, 0.717) is 26.0 Å². The zero-order valence-corrected chi connectivity index (χ0v) is 17.2. The number of hydrogen-bond acceptors (Lipinski definition) is 4. The van der Waals surface area contributed by atoms with E-state index in [2.05, 4.69) is 31.4 Å². The van der Waals surface area contributed by atoms with Crippen LogP contribution in [0.15, 0.2) is 42.5 Å². The fourth-order valence-corrected chi connectivity index (χ4v) is 3.22. The van der Waals surface area contributed by atoms with Crippen LogP contribution in [-0.2, 0) is 21.4 Å². The van der Waals surface area contributed by atoms with Gasteiger partial charge in [-0.25, -0.2) is 0 Å². The Kier molecular flexibility index (Phi) is 6.42. The summed E-state index contributed by atoms with van der Waals surface area (Å²) in [5.41, 5.74) is 2.92. The number of ether oxygens (including phenoxy) is 2. The molecule has 0 fully saturated rings. The first-order valence-corrected chi connectivity index (χ1v) is 9.87. The highest BCUT2D eigenvalue weighted by Gasteiger charge is 2.19. The quantitative estimate of drug-likeness (QED) is 0.703. The van der Waals surface area contributed by atoms with E-state index in [1.54, 1.807) is 0 Å². The number of para-hydroxylation sites is 1. The lowest BCUT2D eigenvalue weighted by Gasteiger charge is -2.22. The third-order valence-electron chi connectivity index (χ3n) is 4.72. The summed E-state index contributed by atoms with van der Waals surface area (Å²) < 4.78 is 11.4. The molecule has 1 aliphatic rings. The Bertz CT molecular complexity index is 887. The third-order valence-corrected chi connectivity index (χ3v) is 4.72. The number of hydrogen-bond donors (Lipinski definition) is 2. The van der Waals surface area contributed by atoms with Gasteiger partial charge >= 0.3 is 0 Å². The van der Waals surface area contributed by atoms with E-state index in [1.807, 2.05) is 42.5 Å². The van der Waals surface area contributed by atoms with E-state index in [0.717, 1.165) is 28.3 Å². The predicted molar refractivity (Wildman–Crippen MR) is 113 cm³/mol. The van der Waals surface area contributed by atoms with Crippen LogP contribution in [0, 0.1) is 0 Å². The first-order valence-electron chi connectivity index (χ1n) is 9.87. The lowest BCUT2D eigenvalue weighted by molar-refractivity contribution is -0.123. The van der Waals surface area contributed by atoms with Gasteiger partial charge in [-0.1, -0.05) is 39.0 Å². The van der Waals surface area contributed by atoms with Crippen LogP contribution < -0.4 is 20.1 Å². The number of amides is 2. The number of fused-ring (bicyclic) bond motifs is 1. The van der Waals surface area contributed by atoms with Gasteiger partial charge in [-0.05, 0) is 47.2 Å². The van der Waals surface area contributed by atoms with Crippen LogP contribution in [0.2, 0.25) is 0 Å². The molecule has 6 nitrogen and oxygen atoms in total. The van der Waals surface area contributed by atoms with Crippen molar-refractivity contribution in [2.45, 2.75) is 39.0 Å². The smallest absolute Gasteiger partial charge is 0.258 e. The molecule has 0 aromatic heterocycles. The van der Waals surface area contributed by atoms with Crippen LogP contribution in [0.5, 0.6) is 11.5 Å². The van der Waals surface area contributed by atoms with Gasteiger partial charge in [-0.2, -0.15) is 0 Å². The van der Waals surface area contributed by atoms with E-state index in [-0.39, 0.29) is 23.8 Å². The third kappa shape index (κ3) is 5.73. The van der Waals surface area contributed by atoms with Crippen molar-refractivity contribution in [3.63, 3.8) is 0 Å². The number of nitrogens with one attached hydrogen (secondary N) is 2. The monoisotopic (exact) mass is 396 g/mol. The van der Waals surface area contributed by atoms with Crippen molar-refractivity contribution in [3.8, 4) is 11.5 Å². The summed E-state index contributed by atoms with van der Waals surface area (Å²) in [7, 11) is 0. The fraction of sp³-hybridized carbons (Fsp3) is 0.391. The van der Waals surface area contributed by atoms with Crippen LogP contribution in [0.4, 0.5) is 5.69 Å². The summed E-state index contributed by atoms with van der Waals surface area (Å²) in [5.74, 6) is 1.31. The molecule has 0 bridgehead atoms. The summed E-state index contributed by atoms with van der Waals surface area (Å²) in [6.07, 6.45) is 1.20. The van der Waals surface area contributed by atoms with Gasteiger partial charge in [-0.3, -0.25) is 9.59 Å². The summed E-state index contributed by atoms with van der Waals surface area (Å²) in [6.45, 7) is 7.04. The molecule has 0 radical (unpaired) electrons. The molecule has 1 heterocycles. The Morgan fingerprint density at radius 1 is 1.10 bits per heavy atom. The van der Waals surface area contributed by atoms with Crippen LogP contribution in [-0.4, -0.2) is 31.6 Å². The van der Waals surface area contributed by atoms with Crippen molar-refractivity contribution in [1.29, 1.82) is 0 Å². The van der Waals surface area contributed by atoms with Crippen molar-refractivity contribution in [3.05, 3.63) is 53.6 Å². The molecule has 2 N–H and O–H groups in total. The molecule has 0 saturated carbocycles. The van der Waals surface area contributed by atoms with Crippen molar-refractivity contribution >= 4 is 17.5 Å². The van der Waals surface area contributed by atoms with Crippen molar-refractivity contribution in [2.75, 3.05) is 25.1 Å². The van der Waals surface area contributed by atoms with E-state index in [9.17, 15) is 9.59 Å². The molecule has 29 heavy (non-hydrogen) atoms. The number of benzene rings is 2. The minimum atomic E-state index is -0.189. The van der Waals surface area contributed by atoms with Gasteiger partial charge in [0.2, 0.25) is 5.91 Å². The molecule has 1 aliphatic heterocycles. The first-order chi connectivity index (χ1) is 13.8. The first kappa shape index (κ1) is 20.7. The average molecular weight is 396 g/mol. The van der Waals surface area contributed by atoms with Crippen LogP contribution in [0.3, 0.4) is 0 Å². The molecule has 3 rings (SSSR count). The maximum Gasteiger partial charge on any atom is 0.258 e. The number of rotatable bonds is 7. The summed E-state index contributed by atoms with van der Waals surface area (Å²) in [5, 5.41) is 5.65. The van der Waals surface area contributed by atoms with Crippen molar-refractivity contribution in [1.82, 2.24) is 5.32 Å². The van der Waals surface area contributed by atoms with E-state index >= 15 is 0 Å². The van der Waals surface area contributed by atoms with E-state index in [1.165, 1.54) is 0 Å². The normalized spacial score (nSPS) is 13.3. The summed E-state index contributed by atoms with van der Waals surface area (Å²) >= 11 is 0. The lowest BCUT2D eigenvalue weighted by atomic mass is 9.86. The van der Waals surface area contributed by atoms with Gasteiger partial charge in [0, 0.05) is 12.1 Å². The van der Waals surface area contributed by atoms with Gasteiger partial charge in [0.15, 0.2) is 6.61 Å². The molecule has 6 heteroatoms. The lowest BCUT2D eigenvalue weighted by Crippen LogP contribution is -2.32. The Morgan fingerprint density at radius 3 is 2.69 bits per heavy atom. The molecule has 0 aliphatic carbocycles. The Hall–Kier alpha value is -3.02. The number of aryl methyl sites for hydroxylation is 1. The predicted octanol–water partition coefficient (Wildman–Crippen LogP) is 3.44. The minimum absolute atomic E-state index is 0.0361. The SMILES string of the molecule is CC(C)(C)c1ccccc1OCC(=O)NCCOc1ccc2c(c1)CCC(=O)N2. The van der Waals surface area contributed by atoms with Gasteiger partial charge < -0.3 is 20.1 Å². The standard InChI is InChI=1S/C23H28N2O4/c1-23(2,3)18-6-4-5-7-20(18)29-15-22(27)24-12-13-28-17-9-10-19-16(14-17)8-11-21(26)25-19/h4-7,9-10,14H,8,11-13,15H2,1-3H3,(H,24,27)(H,25,26). The van der Waals surface area contributed by atoms with E-state index < -0.39 is 0 Å². The maximum atomic E-state index is 12.1. The fourth-order valence-electron chi connectivity index (χ4n) is 3.22.